The van der Waals surface area contributed by atoms with E-state index in [0.29, 0.717) is 17.1 Å². The first-order chi connectivity index (χ1) is 20.3. The van der Waals surface area contributed by atoms with Crippen LogP contribution in [0.4, 0.5) is 26.7 Å². The number of aryl methyl sites for hydroxylation is 1. The summed E-state index contributed by atoms with van der Waals surface area (Å²) in [5, 5.41) is 11.7. The van der Waals surface area contributed by atoms with Crippen molar-refractivity contribution in [2.45, 2.75) is 19.3 Å². The Morgan fingerprint density at radius 2 is 1.60 bits per heavy atom. The van der Waals surface area contributed by atoms with E-state index in [-0.39, 0.29) is 30.3 Å². The van der Waals surface area contributed by atoms with Crippen molar-refractivity contribution in [3.63, 3.8) is 0 Å². The number of halogens is 5. The fourth-order valence-corrected chi connectivity index (χ4v) is 4.43. The Morgan fingerprint density at radius 1 is 0.930 bits per heavy atom. The van der Waals surface area contributed by atoms with Crippen molar-refractivity contribution in [3.8, 4) is 22.6 Å². The molecule has 0 atom stereocenters. The molecule has 0 aliphatic rings. The van der Waals surface area contributed by atoms with Crippen molar-refractivity contribution < 1.29 is 46.1 Å². The Morgan fingerprint density at radius 3 is 2.21 bits per heavy atom. The highest BCUT2D eigenvalue weighted by Gasteiger charge is 2.35. The molecule has 0 fully saturated rings. The van der Waals surface area contributed by atoms with Gasteiger partial charge in [0.05, 0.1) is 31.9 Å². The van der Waals surface area contributed by atoms with Crippen LogP contribution in [-0.2, 0) is 26.3 Å². The third kappa shape index (κ3) is 7.02. The number of alkyl halides is 3. The van der Waals surface area contributed by atoms with E-state index in [2.05, 4.69) is 10.3 Å². The average molecular weight is 605 g/mol. The molecule has 4 aromatic rings. The number of hydrogen-bond acceptors (Lipinski definition) is 4. The summed E-state index contributed by atoms with van der Waals surface area (Å²) >= 11 is 0. The van der Waals surface area contributed by atoms with Gasteiger partial charge < -0.3 is 29.0 Å². The van der Waals surface area contributed by atoms with Gasteiger partial charge in [-0.3, -0.25) is 4.79 Å². The van der Waals surface area contributed by atoms with Gasteiger partial charge >= 0.3 is 12.3 Å². The SMILES string of the molecule is COc1cc(CNC(=O)c2cc(Cn3ccn(C)c3=NC(=O)O)cc(-c3ccc(F)cc3C(F)(F)F)c2F)cc(OC)c1. The van der Waals surface area contributed by atoms with E-state index in [4.69, 9.17) is 14.6 Å². The lowest BCUT2D eigenvalue weighted by Gasteiger charge is -2.17. The minimum absolute atomic E-state index is 0.0332. The van der Waals surface area contributed by atoms with Crippen molar-refractivity contribution in [1.82, 2.24) is 14.5 Å². The fraction of sp³-hybridized carbons (Fsp3) is 0.207. The Hall–Kier alpha value is -5.14. The van der Waals surface area contributed by atoms with Crippen LogP contribution in [0.1, 0.15) is 27.0 Å². The number of hydrogen-bond donors (Lipinski definition) is 2. The van der Waals surface area contributed by atoms with Crippen molar-refractivity contribution in [2.24, 2.45) is 12.0 Å². The number of carbonyl (C=O) groups is 2. The third-order valence-corrected chi connectivity index (χ3v) is 6.41. The highest BCUT2D eigenvalue weighted by Crippen LogP contribution is 2.39. The molecular formula is C29H25F5N4O5. The number of carboxylic acid groups (broad SMARTS) is 1. The van der Waals surface area contributed by atoms with Crippen molar-refractivity contribution >= 4 is 12.0 Å². The minimum Gasteiger partial charge on any atom is -0.497 e. The second-order valence-corrected chi connectivity index (χ2v) is 9.33. The molecule has 0 spiro atoms. The van der Waals surface area contributed by atoms with E-state index in [1.54, 1.807) is 18.2 Å². The van der Waals surface area contributed by atoms with Crippen LogP contribution in [0.5, 0.6) is 11.5 Å². The van der Waals surface area contributed by atoms with E-state index in [1.165, 1.54) is 42.8 Å². The van der Waals surface area contributed by atoms with Crippen molar-refractivity contribution in [2.75, 3.05) is 14.2 Å². The maximum absolute atomic E-state index is 15.9. The molecule has 226 valence electrons. The van der Waals surface area contributed by atoms with E-state index < -0.39 is 52.1 Å². The number of rotatable bonds is 8. The Balaban J connectivity index is 1.83. The molecule has 1 aromatic heterocycles. The summed E-state index contributed by atoms with van der Waals surface area (Å²) in [6.45, 7) is -0.318. The predicted molar refractivity (Wildman–Crippen MR) is 144 cm³/mol. The molecule has 0 aliphatic heterocycles. The van der Waals surface area contributed by atoms with E-state index in [0.717, 1.165) is 24.3 Å². The van der Waals surface area contributed by atoms with Crippen LogP contribution in [-0.4, -0.2) is 40.5 Å². The molecule has 9 nitrogen and oxygen atoms in total. The van der Waals surface area contributed by atoms with Crippen LogP contribution in [0.3, 0.4) is 0 Å². The van der Waals surface area contributed by atoms with Gasteiger partial charge in [-0.2, -0.15) is 13.2 Å². The number of aromatic nitrogens is 2. The third-order valence-electron chi connectivity index (χ3n) is 6.41. The van der Waals surface area contributed by atoms with Crippen LogP contribution in [0.2, 0.25) is 0 Å². The molecule has 0 bridgehead atoms. The summed E-state index contributed by atoms with van der Waals surface area (Å²) in [5.41, 5.74) is -2.69. The van der Waals surface area contributed by atoms with Gasteiger partial charge in [-0.15, -0.1) is 4.99 Å². The second kappa shape index (κ2) is 12.4. The van der Waals surface area contributed by atoms with Gasteiger partial charge in [0, 0.05) is 37.6 Å². The quantitative estimate of drug-likeness (QED) is 0.263. The number of benzene rings is 3. The number of amides is 2. The van der Waals surface area contributed by atoms with E-state index in [9.17, 15) is 27.2 Å². The molecule has 43 heavy (non-hydrogen) atoms. The lowest BCUT2D eigenvalue weighted by atomic mass is 9.94. The number of carbonyl (C=O) groups excluding carboxylic acids is 1. The number of ether oxygens (including phenoxy) is 2. The van der Waals surface area contributed by atoms with Gasteiger partial charge in [-0.25, -0.2) is 13.6 Å². The first kappa shape index (κ1) is 30.8. The Bertz CT molecular complexity index is 1740. The molecule has 2 N–H and O–H groups in total. The average Bonchev–Trinajstić information content (AvgIpc) is 3.29. The highest BCUT2D eigenvalue weighted by molar-refractivity contribution is 5.96. The molecule has 0 saturated heterocycles. The monoisotopic (exact) mass is 604 g/mol. The van der Waals surface area contributed by atoms with Gasteiger partial charge in [-0.05, 0) is 53.1 Å². The molecule has 0 unspecified atom stereocenters. The van der Waals surface area contributed by atoms with E-state index >= 15 is 4.39 Å². The summed E-state index contributed by atoms with van der Waals surface area (Å²) in [5.74, 6) is -2.55. The second-order valence-electron chi connectivity index (χ2n) is 9.33. The Labute approximate surface area is 241 Å². The molecule has 0 aliphatic carbocycles. The number of nitrogens with zero attached hydrogens (tertiary/aromatic N) is 3. The van der Waals surface area contributed by atoms with Crippen LogP contribution in [0.25, 0.3) is 11.1 Å². The standard InChI is InChI=1S/C29H25F5N4O5/c1-37-6-7-38(27(37)36-28(40)41)15-17-10-22(21-5-4-18(30)12-24(21)29(32,33)34)25(31)23(11-17)26(39)35-14-16-8-19(42-2)13-20(9-16)43-3/h4-13H,14-15H2,1-3H3,(H,35,39)(H,40,41). The molecule has 0 radical (unpaired) electrons. The van der Waals surface area contributed by atoms with Crippen LogP contribution in [0, 0.1) is 11.6 Å². The maximum Gasteiger partial charge on any atom is 0.434 e. The highest BCUT2D eigenvalue weighted by atomic mass is 19.4. The lowest BCUT2D eigenvalue weighted by molar-refractivity contribution is -0.137. The Kier molecular flexibility index (Phi) is 8.88. The number of methoxy groups -OCH3 is 2. The van der Waals surface area contributed by atoms with Gasteiger partial charge in [0.1, 0.15) is 23.1 Å². The largest absolute Gasteiger partial charge is 0.497 e. The van der Waals surface area contributed by atoms with Gasteiger partial charge in [-0.1, -0.05) is 6.07 Å². The lowest BCUT2D eigenvalue weighted by Crippen LogP contribution is -2.27. The molecule has 14 heteroatoms. The molecular weight excluding hydrogens is 579 g/mol. The predicted octanol–water partition coefficient (Wildman–Crippen LogP) is 5.36. The zero-order chi connectivity index (χ0) is 31.5. The molecule has 2 amide bonds. The molecule has 1 heterocycles. The molecule has 3 aromatic carbocycles. The minimum atomic E-state index is -5.05. The van der Waals surface area contributed by atoms with Crippen LogP contribution >= 0.6 is 0 Å². The number of imidazole rings is 1. The molecule has 0 saturated carbocycles. The summed E-state index contributed by atoms with van der Waals surface area (Å²) in [6.07, 6.45) is -3.59. The summed E-state index contributed by atoms with van der Waals surface area (Å²) in [7, 11) is 4.39. The van der Waals surface area contributed by atoms with Gasteiger partial charge in [0.2, 0.25) is 5.62 Å². The zero-order valence-corrected chi connectivity index (χ0v) is 23.0. The summed E-state index contributed by atoms with van der Waals surface area (Å²) < 4.78 is 84.6. The molecule has 4 rings (SSSR count). The first-order valence-electron chi connectivity index (χ1n) is 12.5. The fourth-order valence-electron chi connectivity index (χ4n) is 4.43. The normalized spacial score (nSPS) is 11.9. The zero-order valence-electron chi connectivity index (χ0n) is 23.0. The maximum atomic E-state index is 15.9. The van der Waals surface area contributed by atoms with Gasteiger partial charge in [0.15, 0.2) is 0 Å². The van der Waals surface area contributed by atoms with Crippen molar-refractivity contribution in [3.05, 3.63) is 100 Å². The number of nitrogens with one attached hydrogen (secondary N) is 1. The summed E-state index contributed by atoms with van der Waals surface area (Å²) in [4.78, 5) is 28.0. The topological polar surface area (TPSA) is 107 Å². The van der Waals surface area contributed by atoms with Crippen LogP contribution in [0.15, 0.2) is 65.9 Å². The smallest absolute Gasteiger partial charge is 0.434 e. The van der Waals surface area contributed by atoms with E-state index in [1.807, 2.05) is 0 Å². The van der Waals surface area contributed by atoms with Crippen molar-refractivity contribution in [1.29, 1.82) is 0 Å². The summed E-state index contributed by atoms with van der Waals surface area (Å²) in [6, 6.07) is 8.83. The van der Waals surface area contributed by atoms with Gasteiger partial charge in [0.25, 0.3) is 5.91 Å². The van der Waals surface area contributed by atoms with Crippen LogP contribution < -0.4 is 20.4 Å². The first-order valence-corrected chi connectivity index (χ1v) is 12.5.